The van der Waals surface area contributed by atoms with Crippen molar-refractivity contribution in [3.05, 3.63) is 0 Å². The van der Waals surface area contributed by atoms with E-state index in [1.807, 2.05) is 0 Å². The Balaban J connectivity index is 2.02. The third-order valence-corrected chi connectivity index (χ3v) is 3.86. The molecule has 8 heavy (non-hydrogen) atoms. The van der Waals surface area contributed by atoms with Crippen LogP contribution in [0.5, 0.6) is 0 Å². The number of aliphatic imine (C=N–C) groups is 1. The molecule has 0 aromatic heterocycles. The van der Waals surface area contributed by atoms with Crippen molar-refractivity contribution in [1.82, 2.24) is 0 Å². The Labute approximate surface area is 52.9 Å². The lowest BCUT2D eigenvalue weighted by Crippen LogP contribution is -2.02. The fraction of sp³-hybridized carbons (Fsp3) is 0.667. The minimum absolute atomic E-state index is 0.955. The number of thioether (sulfide) groups is 1. The molecule has 0 saturated carbocycles. The fourth-order valence-electron chi connectivity index (χ4n) is 0.604. The van der Waals surface area contributed by atoms with E-state index in [2.05, 4.69) is 14.1 Å². The van der Waals surface area contributed by atoms with Crippen LogP contribution in [0.15, 0.2) is 4.99 Å². The average molecular weight is 147 g/mol. The first kappa shape index (κ1) is 4.98. The van der Waals surface area contributed by atoms with Gasteiger partial charge in [0.1, 0.15) is 4.67 Å². The predicted octanol–water partition coefficient (Wildman–Crippen LogP) is -0.147. The van der Waals surface area contributed by atoms with Crippen molar-refractivity contribution in [3.63, 3.8) is 0 Å². The lowest BCUT2D eigenvalue weighted by molar-refractivity contribution is 0.0850. The second-order valence-electron chi connectivity index (χ2n) is 1.59. The maximum Gasteiger partial charge on any atom is 0.446 e. The molecule has 0 aromatic carbocycles. The molecule has 0 bridgehead atoms. The molecule has 0 spiro atoms. The van der Waals surface area contributed by atoms with Crippen LogP contribution in [0.3, 0.4) is 0 Å². The van der Waals surface area contributed by atoms with Crippen molar-refractivity contribution in [2.45, 2.75) is 0 Å². The third-order valence-electron chi connectivity index (χ3n) is 1.00. The molecule has 0 unspecified atom stereocenters. The molecule has 3 nitrogen and oxygen atoms in total. The van der Waals surface area contributed by atoms with Gasteiger partial charge in [-0.2, -0.15) is 0 Å². The molecule has 0 radical (unpaired) electrons. The van der Waals surface area contributed by atoms with Crippen molar-refractivity contribution in [3.8, 4) is 0 Å². The van der Waals surface area contributed by atoms with Gasteiger partial charge in [-0.05, 0) is 0 Å². The zero-order chi connectivity index (χ0) is 5.40. The highest BCUT2D eigenvalue weighted by atomic mass is 32.2. The molecule has 5 heteroatoms. The van der Waals surface area contributed by atoms with Crippen LogP contribution in [0.4, 0.5) is 0 Å². The second-order valence-corrected chi connectivity index (χ2v) is 4.72. The third kappa shape index (κ3) is 0.817. The molecule has 1 saturated heterocycles. The molecule has 44 valence electrons. The van der Waals surface area contributed by atoms with Crippen LogP contribution in [-0.2, 0) is 9.15 Å². The van der Waals surface area contributed by atoms with E-state index in [1.54, 1.807) is 11.8 Å². The lowest BCUT2D eigenvalue weighted by atomic mass is 10.8. The van der Waals surface area contributed by atoms with Gasteiger partial charge in [0, 0.05) is 12.3 Å². The molecule has 0 aromatic rings. The summed E-state index contributed by atoms with van der Waals surface area (Å²) in [5.74, 6) is 1.12. The lowest BCUT2D eigenvalue weighted by Gasteiger charge is -1.79. The summed E-state index contributed by atoms with van der Waals surface area (Å²) >= 11 is 1.77. The summed E-state index contributed by atoms with van der Waals surface area (Å²) in [6, 6.07) is 0. The number of hydrogen-bond acceptors (Lipinski definition) is 4. The van der Waals surface area contributed by atoms with Gasteiger partial charge in [0.15, 0.2) is 0 Å². The Bertz CT molecular complexity index is 135. The maximum atomic E-state index is 4.68. The quantitative estimate of drug-likeness (QED) is 0.294. The van der Waals surface area contributed by atoms with Gasteiger partial charge >= 0.3 is 9.28 Å². The zero-order valence-corrected chi connectivity index (χ0v) is 6.13. The SMILES string of the molecule is C1CSC([SiH]2OO2)=N1. The fourth-order valence-corrected chi connectivity index (χ4v) is 2.98. The van der Waals surface area contributed by atoms with Crippen LogP contribution in [0, 0.1) is 0 Å². The van der Waals surface area contributed by atoms with Gasteiger partial charge in [0.25, 0.3) is 0 Å². The van der Waals surface area contributed by atoms with Crippen molar-refractivity contribution < 1.29 is 9.15 Å². The standard InChI is InChI=1S/C3H5NO2SSi/c1-2-7-3(4-1)8-5-6-8/h8H,1-2H2. The first-order valence-corrected chi connectivity index (χ1v) is 4.97. The Hall–Kier alpha value is 0.157. The summed E-state index contributed by atoms with van der Waals surface area (Å²) in [6.45, 7) is 0.955. The predicted molar refractivity (Wildman–Crippen MR) is 34.1 cm³/mol. The van der Waals surface area contributed by atoms with E-state index >= 15 is 0 Å². The van der Waals surface area contributed by atoms with Gasteiger partial charge in [-0.15, -0.1) is 11.8 Å². The molecular weight excluding hydrogens is 142 g/mol. The highest BCUT2D eigenvalue weighted by Gasteiger charge is 2.38. The normalized spacial score (nSPS) is 28.2. The summed E-state index contributed by atoms with van der Waals surface area (Å²) in [7, 11) is -1.26. The van der Waals surface area contributed by atoms with Gasteiger partial charge in [0.2, 0.25) is 0 Å². The highest BCUT2D eigenvalue weighted by Crippen LogP contribution is 2.21. The average Bonchev–Trinajstić information content (AvgIpc) is 2.49. The Kier molecular flexibility index (Phi) is 1.14. The molecule has 2 rings (SSSR count). The van der Waals surface area contributed by atoms with Crippen molar-refractivity contribution in [2.24, 2.45) is 4.99 Å². The zero-order valence-electron chi connectivity index (χ0n) is 4.16. The molecule has 0 aliphatic carbocycles. The van der Waals surface area contributed by atoms with E-state index in [4.69, 9.17) is 0 Å². The summed E-state index contributed by atoms with van der Waals surface area (Å²) < 4.78 is 10.5. The van der Waals surface area contributed by atoms with Crippen LogP contribution in [-0.4, -0.2) is 26.2 Å². The van der Waals surface area contributed by atoms with E-state index in [9.17, 15) is 0 Å². The first-order valence-electron chi connectivity index (χ1n) is 2.46. The summed E-state index contributed by atoms with van der Waals surface area (Å²) in [4.78, 5) is 4.19. The monoisotopic (exact) mass is 147 g/mol. The van der Waals surface area contributed by atoms with Gasteiger partial charge < -0.3 is 0 Å². The Morgan fingerprint density at radius 3 is 3.00 bits per heavy atom. The van der Waals surface area contributed by atoms with Crippen LogP contribution >= 0.6 is 11.8 Å². The molecule has 0 amide bonds. The van der Waals surface area contributed by atoms with Crippen LogP contribution in [0.1, 0.15) is 0 Å². The molecule has 2 aliphatic rings. The van der Waals surface area contributed by atoms with E-state index in [0.29, 0.717) is 0 Å². The molecule has 1 fully saturated rings. The summed E-state index contributed by atoms with van der Waals surface area (Å²) in [6.07, 6.45) is 0. The summed E-state index contributed by atoms with van der Waals surface area (Å²) in [5, 5.41) is 0. The number of rotatable bonds is 1. The molecule has 0 atom stereocenters. The van der Waals surface area contributed by atoms with Gasteiger partial charge in [-0.3, -0.25) is 14.1 Å². The van der Waals surface area contributed by atoms with Gasteiger partial charge in [-0.1, -0.05) is 0 Å². The van der Waals surface area contributed by atoms with E-state index < -0.39 is 9.28 Å². The van der Waals surface area contributed by atoms with Gasteiger partial charge in [0.05, 0.1) is 0 Å². The minimum Gasteiger partial charge on any atom is -0.282 e. The Morgan fingerprint density at radius 1 is 1.62 bits per heavy atom. The molecular formula is C3H5NO2SSi. The number of nitrogens with zero attached hydrogens (tertiary/aromatic N) is 1. The Morgan fingerprint density at radius 2 is 2.50 bits per heavy atom. The first-order chi connectivity index (χ1) is 3.97. The van der Waals surface area contributed by atoms with E-state index in [1.165, 1.54) is 0 Å². The van der Waals surface area contributed by atoms with Crippen molar-refractivity contribution in [2.75, 3.05) is 12.3 Å². The van der Waals surface area contributed by atoms with Crippen LogP contribution in [0.2, 0.25) is 0 Å². The van der Waals surface area contributed by atoms with Gasteiger partial charge in [-0.25, -0.2) is 0 Å². The van der Waals surface area contributed by atoms with Crippen LogP contribution < -0.4 is 0 Å². The molecule has 0 N–H and O–H groups in total. The highest BCUT2D eigenvalue weighted by molar-refractivity contribution is 8.17. The van der Waals surface area contributed by atoms with E-state index in [0.717, 1.165) is 17.0 Å². The smallest absolute Gasteiger partial charge is 0.282 e. The van der Waals surface area contributed by atoms with Crippen molar-refractivity contribution in [1.29, 1.82) is 0 Å². The second kappa shape index (κ2) is 1.84. The van der Waals surface area contributed by atoms with E-state index in [-0.39, 0.29) is 0 Å². The van der Waals surface area contributed by atoms with Crippen LogP contribution in [0.25, 0.3) is 0 Å². The molecule has 2 aliphatic heterocycles. The minimum atomic E-state index is -1.26. The summed E-state index contributed by atoms with van der Waals surface area (Å²) in [5.41, 5.74) is 0. The number of hydrogen-bond donors (Lipinski definition) is 0. The topological polar surface area (TPSA) is 37.4 Å². The largest absolute Gasteiger partial charge is 0.446 e. The van der Waals surface area contributed by atoms with Crippen molar-refractivity contribution >= 4 is 25.7 Å². The maximum absolute atomic E-state index is 4.68. The molecule has 2 heterocycles.